The minimum Gasteiger partial charge on any atom is -0.490 e. The summed E-state index contributed by atoms with van der Waals surface area (Å²) in [6.45, 7) is 3.16. The highest BCUT2D eigenvalue weighted by Gasteiger charge is 2.19. The van der Waals surface area contributed by atoms with Crippen molar-refractivity contribution in [2.24, 2.45) is 5.73 Å². The molecule has 0 aliphatic carbocycles. The molecular formula is C20H21BrClFN3O6PS. The van der Waals surface area contributed by atoms with E-state index in [9.17, 15) is 8.96 Å². The van der Waals surface area contributed by atoms with E-state index < -0.39 is 26.3 Å². The van der Waals surface area contributed by atoms with Gasteiger partial charge in [-0.2, -0.15) is 0 Å². The van der Waals surface area contributed by atoms with Crippen LogP contribution in [0, 0.1) is 5.82 Å². The molecule has 1 aromatic heterocycles. The quantitative estimate of drug-likeness (QED) is 0.275. The van der Waals surface area contributed by atoms with Gasteiger partial charge in [0.25, 0.3) is 0 Å². The number of ether oxygens (including phenoxy) is 2. The summed E-state index contributed by atoms with van der Waals surface area (Å²) in [5, 5.41) is 9.53. The number of phosphoric ester groups is 1. The Balaban J connectivity index is 1.73. The summed E-state index contributed by atoms with van der Waals surface area (Å²) in [5.74, 6) is -0.177. The smallest absolute Gasteiger partial charge is 0.469 e. The zero-order valence-corrected chi connectivity index (χ0v) is 22.0. The molecule has 0 saturated carbocycles. The van der Waals surface area contributed by atoms with E-state index in [1.165, 1.54) is 23.5 Å². The number of hydrogen-bond acceptors (Lipinski definition) is 8. The second kappa shape index (κ2) is 11.4. The molecule has 184 valence electrons. The molecule has 3 rings (SSSR count). The number of halogens is 3. The second-order valence-electron chi connectivity index (χ2n) is 7.34. The number of nitrogens with zero attached hydrogens (tertiary/aromatic N) is 2. The molecule has 0 bridgehead atoms. The Morgan fingerprint density at radius 2 is 1.88 bits per heavy atom. The number of phosphoric acid groups is 1. The van der Waals surface area contributed by atoms with Crippen molar-refractivity contribution >= 4 is 46.7 Å². The maximum atomic E-state index is 14.6. The van der Waals surface area contributed by atoms with Crippen LogP contribution in [0.4, 0.5) is 4.39 Å². The molecule has 0 aliphatic heterocycles. The second-order valence-corrected chi connectivity index (χ2v) is 10.8. The maximum absolute atomic E-state index is 14.6. The summed E-state index contributed by atoms with van der Waals surface area (Å²) in [4.78, 5) is 17.4. The van der Waals surface area contributed by atoms with Gasteiger partial charge in [0, 0.05) is 17.2 Å². The fraction of sp³-hybridized carbons (Fsp3) is 0.300. The SMILES string of the molecule is CC(C)Oc1ccc(-c2nnc(-c3cc(F)c(OCC(N)COP(=O)(O)O)cc3Cl)s2)cc1Br. The Kier molecular flexibility index (Phi) is 9.04. The first kappa shape index (κ1) is 27.0. The van der Waals surface area contributed by atoms with Crippen LogP contribution in [0.5, 0.6) is 11.5 Å². The van der Waals surface area contributed by atoms with Crippen LogP contribution in [0.2, 0.25) is 5.02 Å². The van der Waals surface area contributed by atoms with Crippen LogP contribution in [-0.4, -0.2) is 45.3 Å². The van der Waals surface area contributed by atoms with Crippen LogP contribution < -0.4 is 15.2 Å². The van der Waals surface area contributed by atoms with Crippen molar-refractivity contribution < 1.29 is 32.7 Å². The van der Waals surface area contributed by atoms with E-state index >= 15 is 0 Å². The van der Waals surface area contributed by atoms with Gasteiger partial charge in [0.2, 0.25) is 0 Å². The van der Waals surface area contributed by atoms with Crippen molar-refractivity contribution in [3.05, 3.63) is 45.6 Å². The molecule has 0 saturated heterocycles. The van der Waals surface area contributed by atoms with E-state index in [0.717, 1.165) is 10.0 Å². The van der Waals surface area contributed by atoms with Gasteiger partial charge in [-0.3, -0.25) is 4.52 Å². The van der Waals surface area contributed by atoms with Crippen LogP contribution in [-0.2, 0) is 9.09 Å². The molecule has 0 spiro atoms. The maximum Gasteiger partial charge on any atom is 0.469 e. The normalized spacial score (nSPS) is 12.7. The Hall–Kier alpha value is -1.63. The predicted molar refractivity (Wildman–Crippen MR) is 131 cm³/mol. The standard InChI is InChI=1S/C20H21BrClFN3O6PS/c1-10(2)32-17-4-3-11(5-14(17)21)19-25-26-20(34-19)13-6-16(23)18(7-15(13)22)30-8-12(24)9-31-33(27,28)29/h3-7,10,12H,8-9,24H2,1-2H3,(H2,27,28,29). The van der Waals surface area contributed by atoms with Crippen LogP contribution >= 0.6 is 46.7 Å². The minimum absolute atomic E-state index is 0.0306. The summed E-state index contributed by atoms with van der Waals surface area (Å²) < 4.78 is 41.4. The van der Waals surface area contributed by atoms with Gasteiger partial charge in [-0.05, 0) is 54.0 Å². The minimum atomic E-state index is -4.66. The van der Waals surface area contributed by atoms with Crippen LogP contribution in [0.15, 0.2) is 34.8 Å². The van der Waals surface area contributed by atoms with Crippen LogP contribution in [0.1, 0.15) is 13.8 Å². The first-order valence-electron chi connectivity index (χ1n) is 9.81. The molecule has 34 heavy (non-hydrogen) atoms. The fourth-order valence-corrected chi connectivity index (χ4v) is 4.70. The molecule has 1 unspecified atom stereocenters. The van der Waals surface area contributed by atoms with Gasteiger partial charge in [-0.15, -0.1) is 10.2 Å². The van der Waals surface area contributed by atoms with Crippen molar-refractivity contribution in [1.29, 1.82) is 0 Å². The zero-order chi connectivity index (χ0) is 25.0. The summed E-state index contributed by atoms with van der Waals surface area (Å²) in [6, 6.07) is 7.10. The van der Waals surface area contributed by atoms with Gasteiger partial charge in [-0.1, -0.05) is 22.9 Å². The highest BCUT2D eigenvalue weighted by molar-refractivity contribution is 9.10. The number of benzene rings is 2. The number of nitrogens with two attached hydrogens (primary N) is 1. The van der Waals surface area contributed by atoms with Crippen molar-refractivity contribution in [1.82, 2.24) is 10.2 Å². The van der Waals surface area contributed by atoms with Gasteiger partial charge in [0.15, 0.2) is 11.6 Å². The van der Waals surface area contributed by atoms with Crippen LogP contribution in [0.25, 0.3) is 21.1 Å². The van der Waals surface area contributed by atoms with Gasteiger partial charge < -0.3 is 25.0 Å². The van der Waals surface area contributed by atoms with E-state index in [1.54, 1.807) is 0 Å². The van der Waals surface area contributed by atoms with Gasteiger partial charge >= 0.3 is 7.82 Å². The third kappa shape index (κ3) is 7.43. The fourth-order valence-electron chi connectivity index (χ4n) is 2.67. The number of aromatic nitrogens is 2. The molecule has 0 amide bonds. The lowest BCUT2D eigenvalue weighted by Gasteiger charge is -2.15. The van der Waals surface area contributed by atoms with Gasteiger partial charge in [0.1, 0.15) is 22.4 Å². The third-order valence-corrected chi connectivity index (χ3v) is 6.55. The Labute approximate surface area is 212 Å². The van der Waals surface area contributed by atoms with E-state index in [4.69, 9.17) is 36.6 Å². The zero-order valence-electron chi connectivity index (χ0n) is 17.9. The summed E-state index contributed by atoms with van der Waals surface area (Å²) >= 11 is 11.1. The van der Waals surface area contributed by atoms with Crippen molar-refractivity contribution in [2.45, 2.75) is 26.0 Å². The summed E-state index contributed by atoms with van der Waals surface area (Å²) in [5.41, 5.74) is 6.80. The largest absolute Gasteiger partial charge is 0.490 e. The molecule has 4 N–H and O–H groups in total. The average molecular weight is 597 g/mol. The topological polar surface area (TPSA) is 137 Å². The lowest BCUT2D eigenvalue weighted by Crippen LogP contribution is -2.32. The molecule has 0 fully saturated rings. The molecule has 14 heteroatoms. The summed E-state index contributed by atoms with van der Waals surface area (Å²) in [7, 11) is -4.66. The molecule has 0 aliphatic rings. The Morgan fingerprint density at radius 3 is 2.53 bits per heavy atom. The highest BCUT2D eigenvalue weighted by atomic mass is 79.9. The monoisotopic (exact) mass is 595 g/mol. The molecule has 3 aromatic rings. The van der Waals surface area contributed by atoms with E-state index in [2.05, 4.69) is 30.7 Å². The van der Waals surface area contributed by atoms with E-state index in [0.29, 0.717) is 21.3 Å². The first-order chi connectivity index (χ1) is 15.9. The molecule has 1 atom stereocenters. The van der Waals surface area contributed by atoms with Crippen LogP contribution in [0.3, 0.4) is 0 Å². The predicted octanol–water partition coefficient (Wildman–Crippen LogP) is 5.03. The highest BCUT2D eigenvalue weighted by Crippen LogP contribution is 2.39. The van der Waals surface area contributed by atoms with E-state index in [-0.39, 0.29) is 23.5 Å². The van der Waals surface area contributed by atoms with Gasteiger partial charge in [-0.25, -0.2) is 8.96 Å². The molecule has 0 radical (unpaired) electrons. The Bertz CT molecular complexity index is 1210. The average Bonchev–Trinajstić information content (AvgIpc) is 3.23. The van der Waals surface area contributed by atoms with E-state index in [1.807, 2.05) is 32.0 Å². The Morgan fingerprint density at radius 1 is 1.18 bits per heavy atom. The molecular weight excluding hydrogens is 576 g/mol. The lowest BCUT2D eigenvalue weighted by molar-refractivity contribution is 0.164. The molecule has 1 heterocycles. The van der Waals surface area contributed by atoms with Crippen molar-refractivity contribution in [3.63, 3.8) is 0 Å². The van der Waals surface area contributed by atoms with Crippen molar-refractivity contribution in [2.75, 3.05) is 13.2 Å². The number of rotatable bonds is 10. The third-order valence-electron chi connectivity index (χ3n) is 4.13. The lowest BCUT2D eigenvalue weighted by atomic mass is 10.2. The van der Waals surface area contributed by atoms with Crippen molar-refractivity contribution in [3.8, 4) is 32.6 Å². The summed E-state index contributed by atoms with van der Waals surface area (Å²) in [6.07, 6.45) is 0.0306. The molecule has 9 nitrogen and oxygen atoms in total. The number of hydrogen-bond donors (Lipinski definition) is 3. The molecule has 2 aromatic carbocycles. The first-order valence-corrected chi connectivity index (χ1v) is 13.3. The van der Waals surface area contributed by atoms with Gasteiger partial charge in [0.05, 0.1) is 28.2 Å².